The van der Waals surface area contributed by atoms with Crippen LogP contribution < -0.4 is 0 Å². The topological polar surface area (TPSA) is 57.5 Å². The number of aliphatic carboxylic acids is 1. The zero-order chi connectivity index (χ0) is 14.1. The molecule has 0 aromatic heterocycles. The molecule has 0 aliphatic rings. The normalized spacial score (nSPS) is 15.2. The monoisotopic (exact) mass is 282 g/mol. The van der Waals surface area contributed by atoms with Gasteiger partial charge in [0.05, 0.1) is 5.56 Å². The lowest BCUT2D eigenvalue weighted by atomic mass is 9.93. The number of carboxylic acid groups (broad SMARTS) is 1. The first-order chi connectivity index (χ1) is 8.04. The van der Waals surface area contributed by atoms with Crippen molar-refractivity contribution in [1.82, 2.24) is 0 Å². The van der Waals surface area contributed by atoms with Crippen molar-refractivity contribution < 1.29 is 28.2 Å². The summed E-state index contributed by atoms with van der Waals surface area (Å²) in [6.45, 7) is 0.935. The molecule has 3 nitrogen and oxygen atoms in total. The maximum atomic E-state index is 12.7. The average molecular weight is 283 g/mol. The van der Waals surface area contributed by atoms with Crippen LogP contribution in [0.25, 0.3) is 0 Å². The van der Waals surface area contributed by atoms with Crippen LogP contribution in [0.1, 0.15) is 18.1 Å². The number of aliphatic hydroxyl groups is 1. The molecule has 0 heterocycles. The van der Waals surface area contributed by atoms with E-state index in [-0.39, 0.29) is 10.6 Å². The zero-order valence-electron chi connectivity index (χ0n) is 9.25. The molecule has 1 rings (SSSR count). The third-order valence-corrected chi connectivity index (χ3v) is 2.61. The van der Waals surface area contributed by atoms with E-state index in [9.17, 15) is 23.1 Å². The Balaban J connectivity index is 3.22. The second-order valence-electron chi connectivity index (χ2n) is 4.06. The van der Waals surface area contributed by atoms with E-state index in [1.165, 1.54) is 6.07 Å². The van der Waals surface area contributed by atoms with Crippen molar-refractivity contribution in [3.63, 3.8) is 0 Å². The van der Waals surface area contributed by atoms with Gasteiger partial charge >= 0.3 is 12.1 Å². The van der Waals surface area contributed by atoms with Crippen LogP contribution >= 0.6 is 11.6 Å². The highest BCUT2D eigenvalue weighted by Crippen LogP contribution is 2.35. The predicted molar refractivity (Wildman–Crippen MR) is 58.4 cm³/mol. The number of hydrogen-bond donors (Lipinski definition) is 2. The van der Waals surface area contributed by atoms with Crippen molar-refractivity contribution in [1.29, 1.82) is 0 Å². The van der Waals surface area contributed by atoms with Crippen molar-refractivity contribution in [2.45, 2.75) is 25.1 Å². The van der Waals surface area contributed by atoms with Gasteiger partial charge in [0.1, 0.15) is 0 Å². The Kier molecular flexibility index (Phi) is 3.92. The van der Waals surface area contributed by atoms with Crippen molar-refractivity contribution in [3.8, 4) is 0 Å². The molecular formula is C11H10ClF3O3. The van der Waals surface area contributed by atoms with Gasteiger partial charge in [-0.1, -0.05) is 17.7 Å². The minimum atomic E-state index is -4.66. The average Bonchev–Trinajstić information content (AvgIpc) is 2.18. The molecule has 0 aliphatic heterocycles. The second kappa shape index (κ2) is 4.78. The van der Waals surface area contributed by atoms with E-state index in [0.717, 1.165) is 13.0 Å². The van der Waals surface area contributed by atoms with Gasteiger partial charge in [-0.25, -0.2) is 4.79 Å². The van der Waals surface area contributed by atoms with E-state index in [0.29, 0.717) is 6.07 Å². The molecule has 0 saturated heterocycles. The lowest BCUT2D eigenvalue weighted by molar-refractivity contribution is -0.157. The summed E-state index contributed by atoms with van der Waals surface area (Å²) in [5, 5.41) is 18.1. The number of carboxylic acids is 1. The molecule has 0 spiro atoms. The van der Waals surface area contributed by atoms with Crippen LogP contribution in [0.5, 0.6) is 0 Å². The van der Waals surface area contributed by atoms with Crippen LogP contribution in [0.3, 0.4) is 0 Å². The minimum absolute atomic E-state index is 0.110. The molecule has 1 atom stereocenters. The highest BCUT2D eigenvalue weighted by Gasteiger charge is 2.37. The van der Waals surface area contributed by atoms with Crippen LogP contribution in [0.15, 0.2) is 18.2 Å². The van der Waals surface area contributed by atoms with Crippen LogP contribution in [-0.4, -0.2) is 21.8 Å². The fourth-order valence-corrected chi connectivity index (χ4v) is 1.59. The summed E-state index contributed by atoms with van der Waals surface area (Å²) in [7, 11) is 0. The Morgan fingerprint density at radius 1 is 1.39 bits per heavy atom. The highest BCUT2D eigenvalue weighted by molar-refractivity contribution is 6.30. The summed E-state index contributed by atoms with van der Waals surface area (Å²) in [5.74, 6) is -1.59. The molecule has 1 aromatic rings. The lowest BCUT2D eigenvalue weighted by Crippen LogP contribution is -2.37. The quantitative estimate of drug-likeness (QED) is 0.896. The molecule has 100 valence electrons. The van der Waals surface area contributed by atoms with Crippen LogP contribution in [0.4, 0.5) is 13.2 Å². The lowest BCUT2D eigenvalue weighted by Gasteiger charge is -2.20. The number of carbonyl (C=O) groups is 1. The largest absolute Gasteiger partial charge is 0.479 e. The van der Waals surface area contributed by atoms with Gasteiger partial charge < -0.3 is 10.2 Å². The number of rotatable bonds is 3. The molecule has 0 fully saturated rings. The van der Waals surface area contributed by atoms with Crippen LogP contribution in [0.2, 0.25) is 5.02 Å². The van der Waals surface area contributed by atoms with Gasteiger partial charge in [-0.3, -0.25) is 0 Å². The Hall–Kier alpha value is -1.27. The first kappa shape index (κ1) is 14.8. The van der Waals surface area contributed by atoms with Gasteiger partial charge in [-0.2, -0.15) is 13.2 Å². The highest BCUT2D eigenvalue weighted by atomic mass is 35.5. The Morgan fingerprint density at radius 3 is 2.39 bits per heavy atom. The van der Waals surface area contributed by atoms with Gasteiger partial charge in [0.25, 0.3) is 0 Å². The van der Waals surface area contributed by atoms with Crippen molar-refractivity contribution in [2.75, 3.05) is 0 Å². The third-order valence-electron chi connectivity index (χ3n) is 2.37. The fourth-order valence-electron chi connectivity index (χ4n) is 1.41. The molecule has 1 aromatic carbocycles. The summed E-state index contributed by atoms with van der Waals surface area (Å²) < 4.78 is 38.2. The molecule has 0 bridgehead atoms. The number of benzene rings is 1. The van der Waals surface area contributed by atoms with Gasteiger partial charge in [0.15, 0.2) is 5.60 Å². The van der Waals surface area contributed by atoms with E-state index in [1.807, 2.05) is 0 Å². The maximum Gasteiger partial charge on any atom is 0.416 e. The molecule has 0 saturated carbocycles. The van der Waals surface area contributed by atoms with Crippen molar-refractivity contribution in [3.05, 3.63) is 34.3 Å². The molecule has 0 radical (unpaired) electrons. The Labute approximate surface area is 106 Å². The Morgan fingerprint density at radius 2 is 1.94 bits per heavy atom. The third kappa shape index (κ3) is 3.36. The minimum Gasteiger partial charge on any atom is -0.479 e. The molecule has 0 aliphatic carbocycles. The predicted octanol–water partition coefficient (Wildman–Crippen LogP) is 2.74. The summed E-state index contributed by atoms with van der Waals surface area (Å²) >= 11 is 5.48. The van der Waals surface area contributed by atoms with E-state index in [4.69, 9.17) is 16.7 Å². The fraction of sp³-hybridized carbons (Fsp3) is 0.364. The zero-order valence-corrected chi connectivity index (χ0v) is 10.0. The number of halogens is 4. The van der Waals surface area contributed by atoms with E-state index in [1.54, 1.807) is 0 Å². The van der Waals surface area contributed by atoms with E-state index in [2.05, 4.69) is 0 Å². The molecule has 2 N–H and O–H groups in total. The first-order valence-electron chi connectivity index (χ1n) is 4.85. The SMILES string of the molecule is CC(O)(Cc1ccc(Cl)cc1C(F)(F)F)C(=O)O. The van der Waals surface area contributed by atoms with E-state index < -0.39 is 29.7 Å². The van der Waals surface area contributed by atoms with Gasteiger partial charge in [-0.15, -0.1) is 0 Å². The van der Waals surface area contributed by atoms with E-state index >= 15 is 0 Å². The van der Waals surface area contributed by atoms with Crippen molar-refractivity contribution in [2.24, 2.45) is 0 Å². The van der Waals surface area contributed by atoms with Gasteiger partial charge in [0.2, 0.25) is 0 Å². The molecule has 18 heavy (non-hydrogen) atoms. The molecule has 0 amide bonds. The summed E-state index contributed by atoms with van der Waals surface area (Å²) in [4.78, 5) is 10.7. The molecule has 1 unspecified atom stereocenters. The van der Waals surface area contributed by atoms with Gasteiger partial charge in [0, 0.05) is 11.4 Å². The van der Waals surface area contributed by atoms with Crippen LogP contribution in [0, 0.1) is 0 Å². The number of hydrogen-bond acceptors (Lipinski definition) is 2. The summed E-state index contributed by atoms with van der Waals surface area (Å²) in [6, 6.07) is 2.97. The number of alkyl halides is 3. The van der Waals surface area contributed by atoms with Gasteiger partial charge in [-0.05, 0) is 24.6 Å². The summed E-state index contributed by atoms with van der Waals surface area (Å²) in [6.07, 6.45) is -5.32. The standard InChI is InChI=1S/C11H10ClF3O3/c1-10(18,9(16)17)5-6-2-3-7(12)4-8(6)11(13,14)15/h2-4,18H,5H2,1H3,(H,16,17). The smallest absolute Gasteiger partial charge is 0.416 e. The van der Waals surface area contributed by atoms with Crippen LogP contribution in [-0.2, 0) is 17.4 Å². The summed E-state index contributed by atoms with van der Waals surface area (Å²) in [5.41, 5.74) is -3.63. The van der Waals surface area contributed by atoms with Crippen molar-refractivity contribution >= 4 is 17.6 Å². The Bertz CT molecular complexity index is 469. The molecule has 7 heteroatoms. The first-order valence-corrected chi connectivity index (χ1v) is 5.23. The second-order valence-corrected chi connectivity index (χ2v) is 4.49. The maximum absolute atomic E-state index is 12.7. The molecular weight excluding hydrogens is 273 g/mol.